The normalized spacial score (nSPS) is 13.9. The van der Waals surface area contributed by atoms with Gasteiger partial charge in [0, 0.05) is 5.75 Å². The quantitative estimate of drug-likeness (QED) is 0.656. The third-order valence-corrected chi connectivity index (χ3v) is 4.74. The van der Waals surface area contributed by atoms with Crippen LogP contribution in [-0.4, -0.2) is 21.9 Å². The third-order valence-electron chi connectivity index (χ3n) is 3.85. The van der Waals surface area contributed by atoms with Crippen molar-refractivity contribution < 1.29 is 18.3 Å². The van der Waals surface area contributed by atoms with Crippen LogP contribution >= 0.6 is 11.8 Å². The third kappa shape index (κ3) is 6.86. The number of halogens is 1. The second-order valence-corrected chi connectivity index (χ2v) is 8.26. The van der Waals surface area contributed by atoms with E-state index in [1.807, 2.05) is 34.6 Å². The zero-order valence-corrected chi connectivity index (χ0v) is 17.1. The fourth-order valence-electron chi connectivity index (χ4n) is 2.25. The largest absolute Gasteiger partial charge is 0.444 e. The van der Waals surface area contributed by atoms with Crippen molar-refractivity contribution in [3.63, 3.8) is 0 Å². The summed E-state index contributed by atoms with van der Waals surface area (Å²) in [6.45, 7) is 9.44. The average molecular weight is 396 g/mol. The summed E-state index contributed by atoms with van der Waals surface area (Å²) >= 11 is 1.36. The minimum atomic E-state index is -0.588. The molecule has 0 fully saturated rings. The van der Waals surface area contributed by atoms with E-state index < -0.39 is 17.7 Å². The van der Waals surface area contributed by atoms with Crippen molar-refractivity contribution in [1.82, 2.24) is 15.5 Å². The molecule has 0 unspecified atom stereocenters. The minimum Gasteiger partial charge on any atom is -0.444 e. The predicted octanol–water partition coefficient (Wildman–Crippen LogP) is 5.11. The highest BCUT2D eigenvalue weighted by molar-refractivity contribution is 7.98. The number of nitrogens with zero attached hydrogens (tertiary/aromatic N) is 2. The molecule has 6 nitrogen and oxygen atoms in total. The molecule has 2 aromatic rings. The van der Waals surface area contributed by atoms with Gasteiger partial charge in [-0.3, -0.25) is 0 Å². The molecule has 0 aliphatic carbocycles. The van der Waals surface area contributed by atoms with Gasteiger partial charge in [0.05, 0.1) is 0 Å². The monoisotopic (exact) mass is 395 g/mol. The average Bonchev–Trinajstić information content (AvgIpc) is 3.05. The molecule has 1 aromatic carbocycles. The van der Waals surface area contributed by atoms with Crippen molar-refractivity contribution in [1.29, 1.82) is 0 Å². The summed E-state index contributed by atoms with van der Waals surface area (Å²) < 4.78 is 24.0. The highest BCUT2D eigenvalue weighted by Gasteiger charge is 2.28. The van der Waals surface area contributed by atoms with Crippen LogP contribution in [0.4, 0.5) is 9.18 Å². The number of aromatic nitrogens is 2. The van der Waals surface area contributed by atoms with Crippen LogP contribution in [0, 0.1) is 11.7 Å². The van der Waals surface area contributed by atoms with Gasteiger partial charge < -0.3 is 14.5 Å². The molecule has 1 heterocycles. The Morgan fingerprint density at radius 2 is 1.96 bits per heavy atom. The van der Waals surface area contributed by atoms with Crippen LogP contribution in [0.1, 0.15) is 58.5 Å². The topological polar surface area (TPSA) is 77.2 Å². The van der Waals surface area contributed by atoms with Gasteiger partial charge in [-0.2, -0.15) is 0 Å². The van der Waals surface area contributed by atoms with Crippen molar-refractivity contribution in [3.05, 3.63) is 41.5 Å². The van der Waals surface area contributed by atoms with Gasteiger partial charge in [-0.15, -0.1) is 10.2 Å². The molecule has 1 aromatic heterocycles. The standard InChI is InChI=1S/C19H26FN3O3S/c1-6-12(2)15(21-17(24)26-19(3,4)5)16-22-23-18(25-16)27-11-13-7-9-14(20)10-8-13/h7-10,12,15H,6,11H2,1-5H3,(H,21,24)/t12-,15-/m0/s1. The lowest BCUT2D eigenvalue weighted by Gasteiger charge is -2.24. The van der Waals surface area contributed by atoms with Gasteiger partial charge in [0.2, 0.25) is 5.89 Å². The van der Waals surface area contributed by atoms with Gasteiger partial charge in [-0.1, -0.05) is 44.2 Å². The van der Waals surface area contributed by atoms with E-state index in [0.717, 1.165) is 12.0 Å². The molecule has 0 aliphatic rings. The van der Waals surface area contributed by atoms with Crippen molar-refractivity contribution >= 4 is 17.9 Å². The number of carbonyl (C=O) groups excluding carboxylic acids is 1. The summed E-state index contributed by atoms with van der Waals surface area (Å²) in [5.41, 5.74) is 0.362. The first-order chi connectivity index (χ1) is 12.7. The SMILES string of the molecule is CC[C@H](C)[C@H](NC(=O)OC(C)(C)C)c1nnc(SCc2ccc(F)cc2)o1. The number of ether oxygens (including phenoxy) is 1. The number of rotatable bonds is 7. The maximum absolute atomic E-state index is 13.0. The van der Waals surface area contributed by atoms with E-state index in [4.69, 9.17) is 9.15 Å². The maximum atomic E-state index is 13.0. The number of alkyl carbamates (subject to hydrolysis) is 1. The van der Waals surface area contributed by atoms with Gasteiger partial charge >= 0.3 is 6.09 Å². The summed E-state index contributed by atoms with van der Waals surface area (Å²) in [5, 5.41) is 11.4. The molecule has 27 heavy (non-hydrogen) atoms. The van der Waals surface area contributed by atoms with Gasteiger partial charge in [-0.25, -0.2) is 9.18 Å². The summed E-state index contributed by atoms with van der Waals surface area (Å²) in [6.07, 6.45) is 0.299. The number of hydrogen-bond acceptors (Lipinski definition) is 6. The maximum Gasteiger partial charge on any atom is 0.408 e. The zero-order valence-electron chi connectivity index (χ0n) is 16.3. The lowest BCUT2D eigenvalue weighted by Crippen LogP contribution is -2.37. The number of amides is 1. The number of carbonyl (C=O) groups is 1. The first-order valence-corrected chi connectivity index (χ1v) is 9.86. The van der Waals surface area contributed by atoms with Crippen molar-refractivity contribution in [2.45, 2.75) is 63.7 Å². The highest BCUT2D eigenvalue weighted by atomic mass is 32.2. The Labute approximate surface area is 163 Å². The molecule has 0 aliphatic heterocycles. The van der Waals surface area contributed by atoms with Crippen molar-refractivity contribution in [2.24, 2.45) is 5.92 Å². The molecule has 148 valence electrons. The molecule has 0 spiro atoms. The molecular formula is C19H26FN3O3S. The van der Waals surface area contributed by atoms with Crippen LogP contribution in [0.15, 0.2) is 33.9 Å². The van der Waals surface area contributed by atoms with Crippen molar-refractivity contribution in [2.75, 3.05) is 0 Å². The molecule has 1 N–H and O–H groups in total. The number of hydrogen-bond donors (Lipinski definition) is 1. The lowest BCUT2D eigenvalue weighted by atomic mass is 9.99. The summed E-state index contributed by atoms with van der Waals surface area (Å²) in [4.78, 5) is 12.1. The van der Waals surface area contributed by atoms with E-state index in [-0.39, 0.29) is 11.7 Å². The van der Waals surface area contributed by atoms with Crippen LogP contribution in [0.5, 0.6) is 0 Å². The van der Waals surface area contributed by atoms with Gasteiger partial charge in [0.15, 0.2) is 0 Å². The molecule has 2 rings (SSSR count). The molecule has 0 bridgehead atoms. The highest BCUT2D eigenvalue weighted by Crippen LogP contribution is 2.28. The Balaban J connectivity index is 2.04. The Morgan fingerprint density at radius 1 is 1.30 bits per heavy atom. The molecule has 0 radical (unpaired) electrons. The lowest BCUT2D eigenvalue weighted by molar-refractivity contribution is 0.0473. The number of nitrogens with one attached hydrogen (secondary N) is 1. The van der Waals surface area contributed by atoms with Crippen LogP contribution in [-0.2, 0) is 10.5 Å². The summed E-state index contributed by atoms with van der Waals surface area (Å²) in [7, 11) is 0. The van der Waals surface area contributed by atoms with E-state index in [1.54, 1.807) is 12.1 Å². The van der Waals surface area contributed by atoms with Gasteiger partial charge in [-0.05, 0) is 44.4 Å². The minimum absolute atomic E-state index is 0.0907. The fourth-order valence-corrected chi connectivity index (χ4v) is 2.97. The van der Waals surface area contributed by atoms with E-state index >= 15 is 0 Å². The molecule has 0 saturated carbocycles. The predicted molar refractivity (Wildman–Crippen MR) is 102 cm³/mol. The molecule has 8 heteroatoms. The van der Waals surface area contributed by atoms with Crippen LogP contribution in [0.2, 0.25) is 0 Å². The molecular weight excluding hydrogens is 369 g/mol. The first kappa shape index (κ1) is 21.2. The fraction of sp³-hybridized carbons (Fsp3) is 0.526. The van der Waals surface area contributed by atoms with E-state index in [9.17, 15) is 9.18 Å². The van der Waals surface area contributed by atoms with Crippen LogP contribution < -0.4 is 5.32 Å². The first-order valence-electron chi connectivity index (χ1n) is 8.88. The molecule has 1 amide bonds. The van der Waals surface area contributed by atoms with E-state index in [0.29, 0.717) is 16.9 Å². The summed E-state index contributed by atoms with van der Waals surface area (Å²) in [6, 6.07) is 5.83. The van der Waals surface area contributed by atoms with Crippen LogP contribution in [0.25, 0.3) is 0 Å². The van der Waals surface area contributed by atoms with Gasteiger partial charge in [0.25, 0.3) is 5.22 Å². The zero-order chi connectivity index (χ0) is 20.0. The number of benzene rings is 1. The van der Waals surface area contributed by atoms with E-state index in [2.05, 4.69) is 15.5 Å². The van der Waals surface area contributed by atoms with Crippen molar-refractivity contribution in [3.8, 4) is 0 Å². The molecule has 0 saturated heterocycles. The second kappa shape index (κ2) is 9.21. The Hall–Kier alpha value is -2.09. The Bertz CT molecular complexity index is 743. The smallest absolute Gasteiger partial charge is 0.408 e. The second-order valence-electron chi connectivity index (χ2n) is 7.33. The Morgan fingerprint density at radius 3 is 2.56 bits per heavy atom. The van der Waals surface area contributed by atoms with Crippen LogP contribution in [0.3, 0.4) is 0 Å². The number of thioether (sulfide) groups is 1. The molecule has 2 atom stereocenters. The Kier molecular flexibility index (Phi) is 7.24. The van der Waals surface area contributed by atoms with Gasteiger partial charge in [0.1, 0.15) is 17.5 Å². The van der Waals surface area contributed by atoms with E-state index in [1.165, 1.54) is 23.9 Å². The summed E-state index contributed by atoms with van der Waals surface area (Å²) in [5.74, 6) is 0.744.